The molecule has 0 radical (unpaired) electrons. The lowest BCUT2D eigenvalue weighted by atomic mass is 9.96. The van der Waals surface area contributed by atoms with E-state index in [-0.39, 0.29) is 36.6 Å². The zero-order valence-electron chi connectivity index (χ0n) is 16.5. The number of rotatable bonds is 6. The zero-order valence-corrected chi connectivity index (χ0v) is 16.5. The summed E-state index contributed by atoms with van der Waals surface area (Å²) in [7, 11) is 0. The fourth-order valence-corrected chi connectivity index (χ4v) is 3.97. The van der Waals surface area contributed by atoms with Crippen molar-refractivity contribution in [3.63, 3.8) is 0 Å². The molecule has 2 saturated heterocycles. The van der Waals surface area contributed by atoms with Gasteiger partial charge in [0, 0.05) is 32.6 Å². The van der Waals surface area contributed by atoms with Gasteiger partial charge in [-0.15, -0.1) is 0 Å². The quantitative estimate of drug-likeness (QED) is 0.757. The van der Waals surface area contributed by atoms with E-state index in [1.54, 1.807) is 6.92 Å². The predicted octanol–water partition coefficient (Wildman–Crippen LogP) is 0.938. The van der Waals surface area contributed by atoms with Crippen LogP contribution < -0.4 is 5.32 Å². The molecule has 2 heterocycles. The minimum atomic E-state index is -0.214. The summed E-state index contributed by atoms with van der Waals surface area (Å²) in [6, 6.07) is 9.77. The van der Waals surface area contributed by atoms with Crippen LogP contribution in [0.1, 0.15) is 37.8 Å². The largest absolute Gasteiger partial charge is 0.393 e. The summed E-state index contributed by atoms with van der Waals surface area (Å²) in [5.41, 5.74) is 1.04. The summed E-state index contributed by atoms with van der Waals surface area (Å²) < 4.78 is 6.12. The van der Waals surface area contributed by atoms with Crippen molar-refractivity contribution in [2.24, 2.45) is 0 Å². The van der Waals surface area contributed by atoms with Crippen molar-refractivity contribution in [1.29, 1.82) is 0 Å². The van der Waals surface area contributed by atoms with Gasteiger partial charge in [-0.05, 0) is 18.4 Å². The first-order chi connectivity index (χ1) is 13.6. The van der Waals surface area contributed by atoms with Crippen molar-refractivity contribution >= 4 is 11.8 Å². The molecule has 0 spiro atoms. The fourth-order valence-electron chi connectivity index (χ4n) is 3.97. The van der Waals surface area contributed by atoms with Gasteiger partial charge in [0.25, 0.3) is 0 Å². The molecule has 0 unspecified atom stereocenters. The lowest BCUT2D eigenvalue weighted by molar-refractivity contribution is -0.148. The Morgan fingerprint density at radius 2 is 1.89 bits per heavy atom. The maximum Gasteiger partial charge on any atom is 0.242 e. The second kappa shape index (κ2) is 10.0. The second-order valence-corrected chi connectivity index (χ2v) is 7.51. The van der Waals surface area contributed by atoms with E-state index in [0.29, 0.717) is 19.6 Å². The predicted molar refractivity (Wildman–Crippen MR) is 106 cm³/mol. The highest BCUT2D eigenvalue weighted by Crippen LogP contribution is 2.30. The molecule has 2 fully saturated rings. The smallest absolute Gasteiger partial charge is 0.242 e. The third kappa shape index (κ3) is 5.31. The van der Waals surface area contributed by atoms with Crippen LogP contribution in [0.15, 0.2) is 30.3 Å². The van der Waals surface area contributed by atoms with Gasteiger partial charge >= 0.3 is 0 Å². The second-order valence-electron chi connectivity index (χ2n) is 7.51. The van der Waals surface area contributed by atoms with Gasteiger partial charge in [0.05, 0.1) is 31.4 Å². The maximum atomic E-state index is 12.9. The van der Waals surface area contributed by atoms with E-state index >= 15 is 0 Å². The Labute approximate surface area is 166 Å². The molecule has 0 aliphatic carbocycles. The molecule has 2 aliphatic rings. The average Bonchev–Trinajstić information content (AvgIpc) is 2.73. The van der Waals surface area contributed by atoms with Gasteiger partial charge in [0.2, 0.25) is 11.8 Å². The average molecular weight is 389 g/mol. The van der Waals surface area contributed by atoms with Crippen molar-refractivity contribution < 1.29 is 19.4 Å². The molecule has 2 amide bonds. The number of nitrogens with one attached hydrogen (secondary N) is 1. The standard InChI is InChI=1S/C21H31N3O4/c1-2-19(26)22-14-20(27)24-12-13-28-18(15-23-10-8-17(25)9-11-23)21(24)16-6-4-3-5-7-16/h3-7,17-18,21,25H,2,8-15H2,1H3,(H,22,26)/t18-,21-/m0/s1. The van der Waals surface area contributed by atoms with Crippen LogP contribution in [-0.4, -0.2) is 78.3 Å². The normalized spacial score (nSPS) is 24.1. The van der Waals surface area contributed by atoms with Crippen LogP contribution in [0.25, 0.3) is 0 Å². The van der Waals surface area contributed by atoms with E-state index in [4.69, 9.17) is 4.74 Å². The molecular formula is C21H31N3O4. The van der Waals surface area contributed by atoms with E-state index in [1.807, 2.05) is 35.2 Å². The molecule has 2 N–H and O–H groups in total. The van der Waals surface area contributed by atoms with Crippen LogP contribution in [0.2, 0.25) is 0 Å². The molecule has 0 bridgehead atoms. The van der Waals surface area contributed by atoms with Crippen LogP contribution in [0.3, 0.4) is 0 Å². The van der Waals surface area contributed by atoms with Gasteiger partial charge in [0.15, 0.2) is 0 Å². The lowest BCUT2D eigenvalue weighted by Crippen LogP contribution is -2.54. The van der Waals surface area contributed by atoms with Crippen molar-refractivity contribution in [1.82, 2.24) is 15.1 Å². The van der Waals surface area contributed by atoms with Crippen molar-refractivity contribution in [3.8, 4) is 0 Å². The van der Waals surface area contributed by atoms with Crippen LogP contribution in [-0.2, 0) is 14.3 Å². The minimum Gasteiger partial charge on any atom is -0.393 e. The molecule has 2 atom stereocenters. The molecule has 2 aliphatic heterocycles. The third-order valence-electron chi connectivity index (χ3n) is 5.57. The first kappa shape index (κ1) is 20.8. The lowest BCUT2D eigenvalue weighted by Gasteiger charge is -2.44. The number of likely N-dealkylation sites (tertiary alicyclic amines) is 1. The molecule has 28 heavy (non-hydrogen) atoms. The number of carbonyl (C=O) groups excluding carboxylic acids is 2. The first-order valence-corrected chi connectivity index (χ1v) is 10.2. The van der Waals surface area contributed by atoms with Crippen LogP contribution in [0, 0.1) is 0 Å². The number of aliphatic hydroxyl groups is 1. The van der Waals surface area contributed by atoms with Gasteiger partial charge in [-0.25, -0.2) is 0 Å². The Morgan fingerprint density at radius 1 is 1.18 bits per heavy atom. The Hall–Kier alpha value is -1.96. The summed E-state index contributed by atoms with van der Waals surface area (Å²) in [5.74, 6) is -0.209. The number of benzene rings is 1. The van der Waals surface area contributed by atoms with E-state index in [2.05, 4.69) is 10.2 Å². The van der Waals surface area contributed by atoms with Crippen LogP contribution >= 0.6 is 0 Å². The Kier molecular flexibility index (Phi) is 7.42. The number of aliphatic hydroxyl groups excluding tert-OH is 1. The molecule has 154 valence electrons. The highest BCUT2D eigenvalue weighted by molar-refractivity contribution is 5.85. The highest BCUT2D eigenvalue weighted by Gasteiger charge is 2.37. The van der Waals surface area contributed by atoms with Gasteiger partial charge in [-0.2, -0.15) is 0 Å². The third-order valence-corrected chi connectivity index (χ3v) is 5.57. The van der Waals surface area contributed by atoms with Crippen molar-refractivity contribution in [2.45, 2.75) is 44.4 Å². The Bertz CT molecular complexity index is 646. The zero-order chi connectivity index (χ0) is 19.9. The molecular weight excluding hydrogens is 358 g/mol. The molecule has 3 rings (SSSR count). The summed E-state index contributed by atoms with van der Waals surface area (Å²) >= 11 is 0. The highest BCUT2D eigenvalue weighted by atomic mass is 16.5. The Balaban J connectivity index is 1.74. The van der Waals surface area contributed by atoms with Crippen LogP contribution in [0.4, 0.5) is 0 Å². The summed E-state index contributed by atoms with van der Waals surface area (Å²) in [6.07, 6.45) is 1.55. The molecule has 0 aromatic heterocycles. The summed E-state index contributed by atoms with van der Waals surface area (Å²) in [5, 5.41) is 12.4. The maximum absolute atomic E-state index is 12.9. The Morgan fingerprint density at radius 3 is 2.57 bits per heavy atom. The van der Waals surface area contributed by atoms with Gasteiger partial charge in [0.1, 0.15) is 0 Å². The van der Waals surface area contributed by atoms with Gasteiger partial charge in [-0.3, -0.25) is 9.59 Å². The summed E-state index contributed by atoms with van der Waals surface area (Å²) in [4.78, 5) is 28.6. The molecule has 7 nitrogen and oxygen atoms in total. The van der Waals surface area contributed by atoms with Gasteiger partial charge < -0.3 is 25.0 Å². The molecule has 1 aromatic carbocycles. The SMILES string of the molecule is CCC(=O)NCC(=O)N1CCO[C@@H](CN2CCC(O)CC2)[C@@H]1c1ccccc1. The number of carbonyl (C=O) groups is 2. The molecule has 7 heteroatoms. The molecule has 1 aromatic rings. The number of amides is 2. The van der Waals surface area contributed by atoms with Crippen LogP contribution in [0.5, 0.6) is 0 Å². The van der Waals surface area contributed by atoms with E-state index in [9.17, 15) is 14.7 Å². The fraction of sp³-hybridized carbons (Fsp3) is 0.619. The van der Waals surface area contributed by atoms with E-state index in [1.165, 1.54) is 0 Å². The number of ether oxygens (including phenoxy) is 1. The monoisotopic (exact) mass is 389 g/mol. The topological polar surface area (TPSA) is 82.1 Å². The first-order valence-electron chi connectivity index (χ1n) is 10.2. The van der Waals surface area contributed by atoms with Crippen molar-refractivity contribution in [3.05, 3.63) is 35.9 Å². The number of hydrogen-bond acceptors (Lipinski definition) is 5. The number of morpholine rings is 1. The molecule has 0 saturated carbocycles. The van der Waals surface area contributed by atoms with Gasteiger partial charge in [-0.1, -0.05) is 37.3 Å². The van der Waals surface area contributed by atoms with E-state index in [0.717, 1.165) is 38.0 Å². The number of piperidine rings is 1. The van der Waals surface area contributed by atoms with Crippen molar-refractivity contribution in [2.75, 3.05) is 39.3 Å². The van der Waals surface area contributed by atoms with E-state index < -0.39 is 0 Å². The minimum absolute atomic E-state index is 0.0125. The number of hydrogen-bond donors (Lipinski definition) is 2. The number of nitrogens with zero attached hydrogens (tertiary/aromatic N) is 2. The summed E-state index contributed by atoms with van der Waals surface area (Å²) in [6.45, 7) is 5.17.